The number of fused-ring (bicyclic) bond motifs is 9. The zero-order valence-corrected chi connectivity index (χ0v) is 64.9. The molecule has 0 radical (unpaired) electrons. The SMILES string of the molecule is COc1ccc(Cn2c(=O)c3c(n4ncc(Cc5cccc(-c6cccc(-n7c(=O)c8c(n9ncc(NCC(C)Cc%10ccc(-n%11c(=O)c%12c(n%13ncc(C(=O)NC(C)C)c%11%13)CN(C(=O)c%11ccc(Cl)c(Cl)c%11)CC%12)cc%10)c79)CN(C(=O)c7ccc(Cl)c(Cl)c7)CC8)c6)c5)c24)CN(C(=O)c2ccc(Cl)c(Cl)c2)CC3)cc1. The number of hydrogen-bond acceptors (Lipinski definition) is 12. The zero-order chi connectivity index (χ0) is 77.4. The van der Waals surface area contributed by atoms with Gasteiger partial charge in [0.25, 0.3) is 40.3 Å². The van der Waals surface area contributed by atoms with Gasteiger partial charge in [-0.2, -0.15) is 15.3 Å². The molecular formula is C83H70Cl6N14O8. The van der Waals surface area contributed by atoms with Gasteiger partial charge in [0.05, 0.1) is 116 Å². The highest BCUT2D eigenvalue weighted by Gasteiger charge is 2.35. The molecule has 1 unspecified atom stereocenters. The van der Waals surface area contributed by atoms with Gasteiger partial charge in [0.15, 0.2) is 11.3 Å². The van der Waals surface area contributed by atoms with Crippen LogP contribution in [0.25, 0.3) is 39.4 Å². The van der Waals surface area contributed by atoms with Crippen LogP contribution in [0.5, 0.6) is 5.75 Å². The maximum atomic E-state index is 15.6. The van der Waals surface area contributed by atoms with Crippen LogP contribution >= 0.6 is 69.6 Å². The molecule has 7 aromatic carbocycles. The standard InChI is InChI=1S/C83H70Cl6N14O8/c1-46(2)94-74(104)63-40-92-102-72-44-96(79(106)54-16-23-65(85)68(88)36-54)29-26-61(72)82(109)99(76(63)102)57-18-11-48(12-19-57)31-47(3)38-90-70-41-93-103-73-45-97(80(107)55-17-24-66(86)69(89)37-55)30-27-62(73)83(110)100(77(70)103)58-10-6-9-52(34-58)51-8-5-7-50(32-51)33-56-39-91-101-71-43-95(78(105)53-15-22-64(84)67(87)35-53)28-25-60(71)81(108)98(75(56)101)42-49-13-20-59(111-4)21-14-49/h5-24,32,34-37,39-41,46-47,90H,25-31,33,38,42-45H2,1-4H3,(H,94,104). The summed E-state index contributed by atoms with van der Waals surface area (Å²) < 4.78 is 15.6. The van der Waals surface area contributed by atoms with Gasteiger partial charge in [-0.05, 0) is 164 Å². The maximum Gasteiger partial charge on any atom is 0.261 e. The van der Waals surface area contributed by atoms with Crippen molar-refractivity contribution >= 4 is 116 Å². The van der Waals surface area contributed by atoms with Gasteiger partial charge >= 0.3 is 0 Å². The Labute approximate surface area is 665 Å². The van der Waals surface area contributed by atoms with E-state index >= 15 is 4.79 Å². The summed E-state index contributed by atoms with van der Waals surface area (Å²) in [5.41, 5.74) is 11.9. The van der Waals surface area contributed by atoms with E-state index in [0.717, 1.165) is 33.4 Å². The van der Waals surface area contributed by atoms with Crippen molar-refractivity contribution in [2.24, 2.45) is 5.92 Å². The van der Waals surface area contributed by atoms with Crippen molar-refractivity contribution in [3.8, 4) is 28.3 Å². The Bertz CT molecular complexity index is 6180. The van der Waals surface area contributed by atoms with E-state index in [9.17, 15) is 28.8 Å². The lowest BCUT2D eigenvalue weighted by Crippen LogP contribution is -2.41. The molecule has 0 spiro atoms. The average molecular weight is 1600 g/mol. The average Bonchev–Trinajstić information content (AvgIpc) is 1.66. The Kier molecular flexibility index (Phi) is 20.3. The second-order valence-electron chi connectivity index (χ2n) is 28.5. The molecule has 2 N–H and O–H groups in total. The summed E-state index contributed by atoms with van der Waals surface area (Å²) in [5, 5.41) is 23.0. The Morgan fingerprint density at radius 1 is 0.486 bits per heavy atom. The number of nitrogens with one attached hydrogen (secondary N) is 2. The van der Waals surface area contributed by atoms with Crippen LogP contribution < -0.4 is 32.0 Å². The van der Waals surface area contributed by atoms with Crippen molar-refractivity contribution in [2.45, 2.75) is 85.1 Å². The summed E-state index contributed by atoms with van der Waals surface area (Å²) >= 11 is 37.9. The quantitative estimate of drug-likeness (QED) is 0.0817. The van der Waals surface area contributed by atoms with E-state index in [-0.39, 0.29) is 125 Å². The first-order valence-electron chi connectivity index (χ1n) is 36.2. The first-order chi connectivity index (χ1) is 53.5. The minimum atomic E-state index is -0.412. The molecule has 3 aliphatic heterocycles. The van der Waals surface area contributed by atoms with Crippen molar-refractivity contribution in [2.75, 3.05) is 38.6 Å². The summed E-state index contributed by atoms with van der Waals surface area (Å²) in [4.78, 5) is 107. The molecule has 0 saturated heterocycles. The molecule has 6 aromatic heterocycles. The van der Waals surface area contributed by atoms with Crippen LogP contribution in [0, 0.1) is 5.92 Å². The van der Waals surface area contributed by atoms with Crippen LogP contribution in [-0.4, -0.2) is 120 Å². The molecule has 0 saturated carbocycles. The topological polar surface area (TPSA) is 229 Å². The van der Waals surface area contributed by atoms with Gasteiger partial charge < -0.3 is 30.1 Å². The van der Waals surface area contributed by atoms with Crippen molar-refractivity contribution in [3.05, 3.63) is 310 Å². The molecule has 3 aliphatic rings. The third-order valence-corrected chi connectivity index (χ3v) is 23.1. The largest absolute Gasteiger partial charge is 0.497 e. The molecule has 0 fully saturated rings. The lowest BCUT2D eigenvalue weighted by atomic mass is 9.99. The molecule has 28 heteroatoms. The third-order valence-electron chi connectivity index (χ3n) is 20.8. The van der Waals surface area contributed by atoms with Crippen molar-refractivity contribution < 1.29 is 23.9 Å². The Morgan fingerprint density at radius 2 is 0.973 bits per heavy atom. The van der Waals surface area contributed by atoms with Crippen LogP contribution in [0.1, 0.15) is 118 Å². The number of carbonyl (C=O) groups excluding carboxylic acids is 4. The summed E-state index contributed by atoms with van der Waals surface area (Å²) in [5.74, 6) is -0.583. The lowest BCUT2D eigenvalue weighted by molar-refractivity contribution is 0.0722. The Balaban J connectivity index is 0.704. The van der Waals surface area contributed by atoms with Gasteiger partial charge in [-0.1, -0.05) is 137 Å². The van der Waals surface area contributed by atoms with Crippen molar-refractivity contribution in [3.63, 3.8) is 0 Å². The van der Waals surface area contributed by atoms with Crippen molar-refractivity contribution in [1.29, 1.82) is 0 Å². The molecule has 16 rings (SSSR count). The third kappa shape index (κ3) is 14.1. The van der Waals surface area contributed by atoms with Crippen molar-refractivity contribution in [1.82, 2.24) is 62.6 Å². The monoisotopic (exact) mass is 1600 g/mol. The van der Waals surface area contributed by atoms with E-state index in [4.69, 9.17) is 84.5 Å². The number of methoxy groups -OCH3 is 1. The maximum absolute atomic E-state index is 15.6. The van der Waals surface area contributed by atoms with Crippen LogP contribution in [0.4, 0.5) is 5.69 Å². The Morgan fingerprint density at radius 3 is 1.51 bits per heavy atom. The van der Waals surface area contributed by atoms with E-state index in [1.807, 2.05) is 105 Å². The fourth-order valence-electron chi connectivity index (χ4n) is 15.3. The number of carbonyl (C=O) groups is 4. The summed E-state index contributed by atoms with van der Waals surface area (Å²) in [6.07, 6.45) is 6.66. The number of hydrogen-bond donors (Lipinski definition) is 2. The minimum Gasteiger partial charge on any atom is -0.497 e. The molecule has 9 heterocycles. The molecule has 562 valence electrons. The second-order valence-corrected chi connectivity index (χ2v) is 31.0. The van der Waals surface area contributed by atoms with Gasteiger partial charge in [-0.15, -0.1) is 0 Å². The highest BCUT2D eigenvalue weighted by Crippen LogP contribution is 2.35. The smallest absolute Gasteiger partial charge is 0.261 e. The zero-order valence-electron chi connectivity index (χ0n) is 60.4. The van der Waals surface area contributed by atoms with E-state index < -0.39 is 5.91 Å². The summed E-state index contributed by atoms with van der Waals surface area (Å²) in [7, 11) is 1.61. The van der Waals surface area contributed by atoms with Crippen LogP contribution in [0.3, 0.4) is 0 Å². The number of rotatable bonds is 18. The Hall–Kier alpha value is -11.0. The van der Waals surface area contributed by atoms with Gasteiger partial charge in [0.1, 0.15) is 17.0 Å². The fourth-order valence-corrected chi connectivity index (χ4v) is 16.2. The van der Waals surface area contributed by atoms with E-state index in [0.29, 0.717) is 132 Å². The molecule has 0 aliphatic carbocycles. The van der Waals surface area contributed by atoms with E-state index in [1.54, 1.807) is 105 Å². The van der Waals surface area contributed by atoms with Gasteiger partial charge in [0.2, 0.25) is 0 Å². The minimum absolute atomic E-state index is 0.0261. The molecule has 0 bridgehead atoms. The van der Waals surface area contributed by atoms with Gasteiger partial charge in [0, 0.05) is 77.6 Å². The van der Waals surface area contributed by atoms with Gasteiger partial charge in [-0.3, -0.25) is 47.3 Å². The fraction of sp³-hybridized carbons (Fsp3) is 0.229. The number of anilines is 1. The number of ether oxygens (including phenoxy) is 1. The summed E-state index contributed by atoms with van der Waals surface area (Å²) in [6, 6.07) is 45.1. The number of halogens is 6. The molecule has 4 amide bonds. The molecular weight excluding hydrogens is 1530 g/mol. The molecule has 111 heavy (non-hydrogen) atoms. The first kappa shape index (κ1) is 74.1. The molecule has 13 aromatic rings. The lowest BCUT2D eigenvalue weighted by Gasteiger charge is -2.30. The highest BCUT2D eigenvalue weighted by atomic mass is 35.5. The van der Waals surface area contributed by atoms with E-state index in [1.165, 1.54) is 16.8 Å². The second kappa shape index (κ2) is 30.4. The van der Waals surface area contributed by atoms with E-state index in [2.05, 4.69) is 28.7 Å². The highest BCUT2D eigenvalue weighted by molar-refractivity contribution is 6.43. The first-order valence-corrected chi connectivity index (χ1v) is 38.4. The predicted octanol–water partition coefficient (Wildman–Crippen LogP) is 14.4. The van der Waals surface area contributed by atoms with Gasteiger partial charge in [-0.25, -0.2) is 13.5 Å². The van der Waals surface area contributed by atoms with Crippen LogP contribution in [0.2, 0.25) is 30.1 Å². The number of amides is 4. The number of nitrogens with zero attached hydrogens (tertiary/aromatic N) is 12. The number of benzene rings is 7. The number of aromatic nitrogens is 9. The predicted molar refractivity (Wildman–Crippen MR) is 430 cm³/mol. The van der Waals surface area contributed by atoms with Crippen LogP contribution in [0.15, 0.2) is 185 Å². The molecule has 22 nitrogen and oxygen atoms in total. The normalized spacial score (nSPS) is 13.7. The molecule has 1 atom stereocenters. The summed E-state index contributed by atoms with van der Waals surface area (Å²) in [6.45, 7) is 7.51. The van der Waals surface area contributed by atoms with Crippen LogP contribution in [-0.2, 0) is 58.3 Å².